The highest BCUT2D eigenvalue weighted by atomic mass is 31.3. The molecule has 2 rings (SSSR count). The number of rotatable bonds is 14. The van der Waals surface area contributed by atoms with Crippen LogP contribution in [0.5, 0.6) is 0 Å². The Kier molecular flexibility index (Phi) is 11.4. The van der Waals surface area contributed by atoms with Crippen LogP contribution in [0.1, 0.15) is 13.2 Å². The van der Waals surface area contributed by atoms with Gasteiger partial charge in [-0.15, -0.1) is 0 Å². The van der Waals surface area contributed by atoms with Gasteiger partial charge in [0.2, 0.25) is 5.91 Å². The Morgan fingerprint density at radius 3 is 2.38 bits per heavy atom. The number of hydrogen-bond donors (Lipinski definition) is 9. The predicted octanol–water partition coefficient (Wildman–Crippen LogP) is -4.81. The van der Waals surface area contributed by atoms with Gasteiger partial charge in [-0.25, -0.2) is 13.9 Å². The summed E-state index contributed by atoms with van der Waals surface area (Å²) in [6, 6.07) is -0.818. The number of carbonyl (C=O) groups is 2. The highest BCUT2D eigenvalue weighted by Crippen LogP contribution is 2.61. The number of aliphatic hydroxyl groups excluding tert-OH is 5. The van der Waals surface area contributed by atoms with E-state index in [1.54, 1.807) is 0 Å². The summed E-state index contributed by atoms with van der Waals surface area (Å²) in [4.78, 5) is 66.8. The van der Waals surface area contributed by atoms with E-state index in [0.29, 0.717) is 4.57 Å². The molecule has 1 aliphatic heterocycles. The number of carbonyl (C=O) groups excluding carboxylic acids is 2. The second-order valence-electron chi connectivity index (χ2n) is 8.05. The Balaban J connectivity index is 2.03. The zero-order valence-electron chi connectivity index (χ0n) is 19.8. The second kappa shape index (κ2) is 13.5. The van der Waals surface area contributed by atoms with Crippen molar-refractivity contribution < 1.29 is 72.1 Å². The third-order valence-corrected chi connectivity index (χ3v) is 7.80. The third kappa shape index (κ3) is 8.92. The first kappa shape index (κ1) is 33.0. The zero-order chi connectivity index (χ0) is 29.7. The largest absolute Gasteiger partial charge is 0.481 e. The van der Waals surface area contributed by atoms with E-state index in [2.05, 4.69) is 13.4 Å². The van der Waals surface area contributed by atoms with Gasteiger partial charge in [-0.05, 0) is 0 Å². The molecule has 0 radical (unpaired) electrons. The van der Waals surface area contributed by atoms with Gasteiger partial charge >= 0.3 is 21.3 Å². The smallest absolute Gasteiger partial charge is 0.394 e. The maximum atomic E-state index is 12.2. The van der Waals surface area contributed by atoms with Crippen LogP contribution < -0.4 is 16.6 Å². The lowest BCUT2D eigenvalue weighted by Gasteiger charge is -2.29. The van der Waals surface area contributed by atoms with E-state index in [1.165, 1.54) is 0 Å². The number of H-pyrrole nitrogens is 1. The summed E-state index contributed by atoms with van der Waals surface area (Å²) in [6.45, 7) is -1.38. The lowest BCUT2D eigenvalue weighted by Crippen LogP contribution is -2.53. The maximum absolute atomic E-state index is 12.2. The Labute approximate surface area is 217 Å². The highest BCUT2D eigenvalue weighted by Gasteiger charge is 2.47. The Hall–Kier alpha value is -2.16. The summed E-state index contributed by atoms with van der Waals surface area (Å²) >= 11 is 0. The number of hydrogen-bond acceptors (Lipinski definition) is 15. The number of aromatic nitrogens is 2. The van der Waals surface area contributed by atoms with Gasteiger partial charge in [0, 0.05) is 19.2 Å². The fourth-order valence-electron chi connectivity index (χ4n) is 3.31. The van der Waals surface area contributed by atoms with Gasteiger partial charge < -0.3 is 50.2 Å². The van der Waals surface area contributed by atoms with Crippen molar-refractivity contribution in [3.63, 3.8) is 0 Å². The molecule has 20 nitrogen and oxygen atoms in total. The number of aliphatic hydroxyl groups is 5. The molecule has 222 valence electrons. The Bertz CT molecular complexity index is 1220. The van der Waals surface area contributed by atoms with E-state index in [0.717, 1.165) is 19.2 Å². The monoisotopic (exact) mass is 607 g/mol. The highest BCUT2D eigenvalue weighted by molar-refractivity contribution is 7.61. The van der Waals surface area contributed by atoms with Crippen molar-refractivity contribution in [2.75, 3.05) is 13.2 Å². The van der Waals surface area contributed by atoms with Crippen LogP contribution in [0.25, 0.3) is 0 Å². The van der Waals surface area contributed by atoms with Gasteiger partial charge in [0.1, 0.15) is 49.0 Å². The number of nitrogens with one attached hydrogen (secondary N) is 2. The van der Waals surface area contributed by atoms with Crippen LogP contribution in [0.2, 0.25) is 0 Å². The number of aromatic amines is 1. The Morgan fingerprint density at radius 2 is 1.85 bits per heavy atom. The van der Waals surface area contributed by atoms with Crippen LogP contribution in [-0.2, 0) is 36.8 Å². The Morgan fingerprint density at radius 1 is 1.21 bits per heavy atom. The van der Waals surface area contributed by atoms with E-state index >= 15 is 0 Å². The molecule has 1 fully saturated rings. The third-order valence-electron chi connectivity index (χ3n) is 5.13. The van der Waals surface area contributed by atoms with Gasteiger partial charge in [0.25, 0.3) is 5.56 Å². The van der Waals surface area contributed by atoms with Gasteiger partial charge in [-0.1, -0.05) is 0 Å². The molecule has 0 aromatic carbocycles. The summed E-state index contributed by atoms with van der Waals surface area (Å²) in [7, 11) is -11.2. The van der Waals surface area contributed by atoms with Gasteiger partial charge in [-0.2, -0.15) is 4.31 Å². The van der Waals surface area contributed by atoms with E-state index in [4.69, 9.17) is 4.74 Å². The van der Waals surface area contributed by atoms with Gasteiger partial charge in [0.05, 0.1) is 13.2 Å². The molecule has 22 heteroatoms. The van der Waals surface area contributed by atoms with Crippen molar-refractivity contribution in [2.24, 2.45) is 0 Å². The first-order chi connectivity index (χ1) is 18.0. The number of aldehydes is 1. The topological polar surface area (TPSA) is 314 Å². The molecule has 1 aliphatic rings. The molecule has 1 aromatic rings. The van der Waals surface area contributed by atoms with Crippen LogP contribution >= 0.6 is 15.6 Å². The predicted molar refractivity (Wildman–Crippen MR) is 122 cm³/mol. The number of phosphoric ester groups is 2. The summed E-state index contributed by atoms with van der Waals surface area (Å²) < 4.78 is 43.3. The minimum absolute atomic E-state index is 0.0169. The SMILES string of the molecule is CC(=O)N[C@@H](C=O)[C@@H](O)[C@H](O)[C@@H](CO)OP(=O)(O)OP(=O)(O)OC[C@H]1O[C@@H](n2ccc(=O)[nH]c2=O)[C@H](O)[C@@H]1O. The average Bonchev–Trinajstić information content (AvgIpc) is 3.11. The summed E-state index contributed by atoms with van der Waals surface area (Å²) in [5.41, 5.74) is -1.78. The second-order valence-corrected chi connectivity index (χ2v) is 11.0. The quantitative estimate of drug-likeness (QED) is 0.0707. The average molecular weight is 607 g/mol. The molecule has 1 saturated heterocycles. The fourth-order valence-corrected chi connectivity index (χ4v) is 5.56. The van der Waals surface area contributed by atoms with Crippen LogP contribution in [0.3, 0.4) is 0 Å². The number of ether oxygens (including phenoxy) is 1. The molecule has 0 aliphatic carbocycles. The molecule has 1 aromatic heterocycles. The van der Waals surface area contributed by atoms with Crippen molar-refractivity contribution >= 4 is 27.8 Å². The van der Waals surface area contributed by atoms with Crippen LogP contribution in [0.15, 0.2) is 21.9 Å². The molecule has 2 heterocycles. The zero-order valence-corrected chi connectivity index (χ0v) is 21.6. The van der Waals surface area contributed by atoms with Gasteiger partial charge in [-0.3, -0.25) is 28.2 Å². The molecule has 39 heavy (non-hydrogen) atoms. The standard InChI is InChI=1S/C17H27N3O17P2/c1-7(23)18-8(4-21)12(25)13(26)9(5-22)36-39(32,33)37-38(30,31)34-6-10-14(27)15(28)16(35-10)20-3-2-11(24)19-17(20)29/h2-4,8-10,12-16,22,25-28H,5-6H2,1H3,(H,18,23)(H,30,31)(H,32,33)(H,19,24,29)/t8-,9+,10+,12+,13+,14+,15+,16+/m0/s1. The van der Waals surface area contributed by atoms with E-state index < -0.39 is 94.9 Å². The van der Waals surface area contributed by atoms with Crippen LogP contribution in [-0.4, -0.2) is 113 Å². The van der Waals surface area contributed by atoms with Crippen molar-refractivity contribution in [1.82, 2.24) is 14.9 Å². The van der Waals surface area contributed by atoms with E-state index in [1.807, 2.05) is 10.3 Å². The van der Waals surface area contributed by atoms with Crippen molar-refractivity contribution in [3.05, 3.63) is 33.1 Å². The lowest BCUT2D eigenvalue weighted by molar-refractivity contribution is -0.129. The summed E-state index contributed by atoms with van der Waals surface area (Å²) in [5.74, 6) is -0.796. The van der Waals surface area contributed by atoms with E-state index in [-0.39, 0.29) is 6.29 Å². The first-order valence-corrected chi connectivity index (χ1v) is 13.7. The molecule has 0 bridgehead atoms. The van der Waals surface area contributed by atoms with Gasteiger partial charge in [0.15, 0.2) is 6.23 Å². The molecule has 9 N–H and O–H groups in total. The molecule has 10 atom stereocenters. The summed E-state index contributed by atoms with van der Waals surface area (Å²) in [5, 5.41) is 51.7. The molecule has 1 amide bonds. The van der Waals surface area contributed by atoms with Crippen LogP contribution in [0.4, 0.5) is 0 Å². The fraction of sp³-hybridized carbons (Fsp3) is 0.647. The normalized spacial score (nSPS) is 27.5. The van der Waals surface area contributed by atoms with E-state index in [9.17, 15) is 63.6 Å². The molecular formula is C17H27N3O17P2. The number of nitrogens with zero attached hydrogens (tertiary/aromatic N) is 1. The van der Waals surface area contributed by atoms with Crippen molar-refractivity contribution in [3.8, 4) is 0 Å². The first-order valence-electron chi connectivity index (χ1n) is 10.7. The number of amides is 1. The van der Waals surface area contributed by atoms with Crippen molar-refractivity contribution in [1.29, 1.82) is 0 Å². The van der Waals surface area contributed by atoms with Crippen LogP contribution in [0, 0.1) is 0 Å². The molecular weight excluding hydrogens is 580 g/mol. The van der Waals surface area contributed by atoms with Crippen molar-refractivity contribution in [2.45, 2.75) is 55.8 Å². The molecule has 0 spiro atoms. The minimum Gasteiger partial charge on any atom is -0.394 e. The number of phosphoric acid groups is 2. The molecule has 0 saturated carbocycles. The molecule has 2 unspecified atom stereocenters. The summed E-state index contributed by atoms with van der Waals surface area (Å²) in [6.07, 6.45) is -12.5. The lowest BCUT2D eigenvalue weighted by atomic mass is 10.0. The minimum atomic E-state index is -5.68. The maximum Gasteiger partial charge on any atom is 0.481 e.